The van der Waals surface area contributed by atoms with Crippen LogP contribution in [0, 0.1) is 5.92 Å². The molecule has 66 valence electrons. The molecule has 11 heavy (non-hydrogen) atoms. The molecule has 0 unspecified atom stereocenters. The van der Waals surface area contributed by atoms with Crippen molar-refractivity contribution >= 4 is 0 Å². The van der Waals surface area contributed by atoms with E-state index < -0.39 is 11.7 Å². The van der Waals surface area contributed by atoms with Crippen molar-refractivity contribution in [3.8, 4) is 0 Å². The van der Waals surface area contributed by atoms with Crippen molar-refractivity contribution in [3.05, 3.63) is 11.7 Å². The maximum Gasteiger partial charge on any atom is 0.157 e. The maximum absolute atomic E-state index is 12.4. The molecule has 0 bridgehead atoms. The van der Waals surface area contributed by atoms with E-state index in [1.165, 1.54) is 0 Å². The lowest BCUT2D eigenvalue weighted by Crippen LogP contribution is -2.03. The Morgan fingerprint density at radius 2 is 1.91 bits per heavy atom. The van der Waals surface area contributed by atoms with E-state index in [4.69, 9.17) is 4.74 Å². The minimum atomic E-state index is -0.814. The Labute approximate surface area is 66.0 Å². The van der Waals surface area contributed by atoms with Gasteiger partial charge in [-0.25, -0.2) is 8.78 Å². The molecule has 0 aliphatic rings. The molecular formula is C8H14F2O. The van der Waals surface area contributed by atoms with Gasteiger partial charge in [0.2, 0.25) is 0 Å². The van der Waals surface area contributed by atoms with Crippen LogP contribution in [0.2, 0.25) is 0 Å². The molecular weight excluding hydrogens is 150 g/mol. The van der Waals surface area contributed by atoms with Gasteiger partial charge in [0.1, 0.15) is 12.4 Å². The van der Waals surface area contributed by atoms with Gasteiger partial charge in [0.25, 0.3) is 0 Å². The van der Waals surface area contributed by atoms with E-state index in [0.717, 1.165) is 6.92 Å². The Balaban J connectivity index is 3.48. The molecule has 0 saturated carbocycles. The SMILES string of the molecule is C/C(F)=C(\F)COCC(C)C. The summed E-state index contributed by atoms with van der Waals surface area (Å²) in [6.07, 6.45) is 0. The summed E-state index contributed by atoms with van der Waals surface area (Å²) < 4.78 is 29.2. The van der Waals surface area contributed by atoms with Gasteiger partial charge in [-0.2, -0.15) is 0 Å². The van der Waals surface area contributed by atoms with Crippen LogP contribution in [-0.2, 0) is 4.74 Å². The molecule has 0 rings (SSSR count). The molecule has 3 heteroatoms. The Morgan fingerprint density at radius 3 is 2.27 bits per heavy atom. The van der Waals surface area contributed by atoms with Crippen LogP contribution in [0.15, 0.2) is 11.7 Å². The number of ether oxygens (including phenoxy) is 1. The summed E-state index contributed by atoms with van der Waals surface area (Å²) in [6.45, 7) is 5.18. The topological polar surface area (TPSA) is 9.23 Å². The Morgan fingerprint density at radius 1 is 1.36 bits per heavy atom. The van der Waals surface area contributed by atoms with Gasteiger partial charge in [-0.3, -0.25) is 0 Å². The van der Waals surface area contributed by atoms with Crippen molar-refractivity contribution in [2.45, 2.75) is 20.8 Å². The zero-order chi connectivity index (χ0) is 8.85. The fourth-order valence-corrected chi connectivity index (χ4v) is 0.484. The number of hydrogen-bond acceptors (Lipinski definition) is 1. The molecule has 0 N–H and O–H groups in total. The number of halogens is 2. The van der Waals surface area contributed by atoms with Crippen molar-refractivity contribution in [1.82, 2.24) is 0 Å². The number of allylic oxidation sites excluding steroid dienone is 1. The quantitative estimate of drug-likeness (QED) is 0.620. The minimum Gasteiger partial charge on any atom is -0.374 e. The molecule has 0 fully saturated rings. The Hall–Kier alpha value is -0.440. The third-order valence-electron chi connectivity index (χ3n) is 1.05. The smallest absolute Gasteiger partial charge is 0.157 e. The number of hydrogen-bond donors (Lipinski definition) is 0. The van der Waals surface area contributed by atoms with Crippen LogP contribution in [0.3, 0.4) is 0 Å². The molecule has 0 radical (unpaired) electrons. The zero-order valence-electron chi connectivity index (χ0n) is 7.16. The lowest BCUT2D eigenvalue weighted by molar-refractivity contribution is 0.115. The highest BCUT2D eigenvalue weighted by atomic mass is 19.2. The fraction of sp³-hybridized carbons (Fsp3) is 0.750. The zero-order valence-corrected chi connectivity index (χ0v) is 7.16. The Bertz CT molecular complexity index is 137. The van der Waals surface area contributed by atoms with Gasteiger partial charge >= 0.3 is 0 Å². The van der Waals surface area contributed by atoms with E-state index in [0.29, 0.717) is 12.5 Å². The van der Waals surface area contributed by atoms with Crippen molar-refractivity contribution < 1.29 is 13.5 Å². The molecule has 0 saturated heterocycles. The van der Waals surface area contributed by atoms with E-state index in [9.17, 15) is 8.78 Å². The van der Waals surface area contributed by atoms with E-state index in [1.54, 1.807) is 0 Å². The van der Waals surface area contributed by atoms with Gasteiger partial charge in [-0.1, -0.05) is 13.8 Å². The van der Waals surface area contributed by atoms with Crippen molar-refractivity contribution in [2.24, 2.45) is 5.92 Å². The third kappa shape index (κ3) is 5.98. The summed E-state index contributed by atoms with van der Waals surface area (Å²) in [6, 6.07) is 0. The largest absolute Gasteiger partial charge is 0.374 e. The van der Waals surface area contributed by atoms with Gasteiger partial charge in [0.15, 0.2) is 5.83 Å². The summed E-state index contributed by atoms with van der Waals surface area (Å²) in [5, 5.41) is 0. The van der Waals surface area contributed by atoms with Gasteiger partial charge in [-0.15, -0.1) is 0 Å². The molecule has 0 aromatic heterocycles. The molecule has 0 heterocycles. The van der Waals surface area contributed by atoms with Crippen LogP contribution in [0.5, 0.6) is 0 Å². The van der Waals surface area contributed by atoms with Crippen molar-refractivity contribution in [1.29, 1.82) is 0 Å². The number of rotatable bonds is 4. The second-order valence-electron chi connectivity index (χ2n) is 2.85. The highest BCUT2D eigenvalue weighted by Crippen LogP contribution is 2.07. The van der Waals surface area contributed by atoms with Crippen LogP contribution in [0.1, 0.15) is 20.8 Å². The monoisotopic (exact) mass is 164 g/mol. The van der Waals surface area contributed by atoms with Gasteiger partial charge in [0, 0.05) is 6.61 Å². The fourth-order valence-electron chi connectivity index (χ4n) is 0.484. The first kappa shape index (κ1) is 10.6. The van der Waals surface area contributed by atoms with Crippen LogP contribution in [0.4, 0.5) is 8.78 Å². The second-order valence-corrected chi connectivity index (χ2v) is 2.85. The second kappa shape index (κ2) is 5.24. The first-order chi connectivity index (χ1) is 5.04. The Kier molecular flexibility index (Phi) is 5.03. The molecule has 0 amide bonds. The van der Waals surface area contributed by atoms with Gasteiger partial charge < -0.3 is 4.74 Å². The van der Waals surface area contributed by atoms with Crippen molar-refractivity contribution in [3.63, 3.8) is 0 Å². The molecule has 0 spiro atoms. The summed E-state index contributed by atoms with van der Waals surface area (Å²) in [5.41, 5.74) is 0. The first-order valence-electron chi connectivity index (χ1n) is 3.62. The normalized spacial score (nSPS) is 13.6. The predicted molar refractivity (Wildman–Crippen MR) is 40.6 cm³/mol. The van der Waals surface area contributed by atoms with E-state index in [-0.39, 0.29) is 6.61 Å². The van der Waals surface area contributed by atoms with Crippen LogP contribution < -0.4 is 0 Å². The standard InChI is InChI=1S/C8H14F2O/c1-6(2)4-11-5-8(10)7(3)9/h6H,4-5H2,1-3H3/b8-7+. The minimum absolute atomic E-state index is 0.249. The summed E-state index contributed by atoms with van der Waals surface area (Å²) in [5.74, 6) is -1.26. The lowest BCUT2D eigenvalue weighted by atomic mass is 10.2. The lowest BCUT2D eigenvalue weighted by Gasteiger charge is -2.04. The molecule has 0 atom stereocenters. The highest BCUT2D eigenvalue weighted by Gasteiger charge is 2.01. The molecule has 0 aliphatic carbocycles. The van der Waals surface area contributed by atoms with Crippen LogP contribution in [0.25, 0.3) is 0 Å². The summed E-state index contributed by atoms with van der Waals surface area (Å²) in [4.78, 5) is 0. The first-order valence-corrected chi connectivity index (χ1v) is 3.62. The third-order valence-corrected chi connectivity index (χ3v) is 1.05. The van der Waals surface area contributed by atoms with E-state index in [2.05, 4.69) is 0 Å². The molecule has 1 nitrogen and oxygen atoms in total. The molecule has 0 aromatic rings. The molecule has 0 aromatic carbocycles. The van der Waals surface area contributed by atoms with Crippen molar-refractivity contribution in [2.75, 3.05) is 13.2 Å². The maximum atomic E-state index is 12.4. The average molecular weight is 164 g/mol. The van der Waals surface area contributed by atoms with Gasteiger partial charge in [-0.05, 0) is 12.8 Å². The van der Waals surface area contributed by atoms with E-state index in [1.807, 2.05) is 13.8 Å². The van der Waals surface area contributed by atoms with Crippen LogP contribution in [-0.4, -0.2) is 13.2 Å². The average Bonchev–Trinajstić information content (AvgIpc) is 1.86. The highest BCUT2D eigenvalue weighted by molar-refractivity contribution is 4.95. The van der Waals surface area contributed by atoms with Gasteiger partial charge in [0.05, 0.1) is 0 Å². The summed E-state index contributed by atoms with van der Waals surface area (Å²) >= 11 is 0. The predicted octanol–water partition coefficient (Wildman–Crippen LogP) is 2.83. The summed E-state index contributed by atoms with van der Waals surface area (Å²) in [7, 11) is 0. The molecule has 0 aliphatic heterocycles. The van der Waals surface area contributed by atoms with Crippen LogP contribution >= 0.6 is 0 Å². The van der Waals surface area contributed by atoms with E-state index >= 15 is 0 Å².